The van der Waals surface area contributed by atoms with Crippen molar-refractivity contribution >= 4 is 5.97 Å². The van der Waals surface area contributed by atoms with E-state index in [0.717, 1.165) is 17.5 Å². The number of hydrogen-bond acceptors (Lipinski definition) is 2. The topological polar surface area (TPSA) is 57.5 Å². The van der Waals surface area contributed by atoms with Crippen molar-refractivity contribution in [3.63, 3.8) is 0 Å². The molecule has 1 aromatic rings. The van der Waals surface area contributed by atoms with Crippen LogP contribution in [-0.4, -0.2) is 16.2 Å². The Morgan fingerprint density at radius 2 is 2.14 bits per heavy atom. The highest BCUT2D eigenvalue weighted by Crippen LogP contribution is 2.20. The second-order valence-electron chi connectivity index (χ2n) is 3.30. The van der Waals surface area contributed by atoms with Gasteiger partial charge in [-0.2, -0.15) is 0 Å². The molecule has 0 saturated heterocycles. The lowest BCUT2D eigenvalue weighted by atomic mass is 9.98. The van der Waals surface area contributed by atoms with Crippen LogP contribution in [0.1, 0.15) is 29.7 Å². The third kappa shape index (κ3) is 2.12. The third-order valence-corrected chi connectivity index (χ3v) is 2.21. The van der Waals surface area contributed by atoms with Gasteiger partial charge in [0.2, 0.25) is 0 Å². The fourth-order valence-electron chi connectivity index (χ4n) is 1.42. The Bertz CT molecular complexity index is 344. The molecule has 1 atom stereocenters. The summed E-state index contributed by atoms with van der Waals surface area (Å²) in [7, 11) is 0. The quantitative estimate of drug-likeness (QED) is 0.769. The Hall–Kier alpha value is -1.35. The van der Waals surface area contributed by atoms with Crippen LogP contribution < -0.4 is 0 Å². The molecule has 0 aliphatic heterocycles. The molecule has 3 heteroatoms. The average molecular weight is 194 g/mol. The van der Waals surface area contributed by atoms with E-state index in [9.17, 15) is 9.90 Å². The van der Waals surface area contributed by atoms with E-state index in [1.807, 2.05) is 26.0 Å². The third-order valence-electron chi connectivity index (χ3n) is 2.21. The minimum atomic E-state index is -1.41. The van der Waals surface area contributed by atoms with E-state index in [0.29, 0.717) is 5.56 Å². The highest BCUT2D eigenvalue weighted by molar-refractivity contribution is 5.74. The van der Waals surface area contributed by atoms with Crippen LogP contribution in [0.15, 0.2) is 18.2 Å². The van der Waals surface area contributed by atoms with Crippen LogP contribution in [0.3, 0.4) is 0 Å². The Labute approximate surface area is 83.0 Å². The molecule has 76 valence electrons. The molecule has 1 aromatic carbocycles. The maximum atomic E-state index is 10.6. The number of carboxylic acids is 1. The van der Waals surface area contributed by atoms with Crippen molar-refractivity contribution in [3.8, 4) is 0 Å². The Morgan fingerprint density at radius 1 is 1.50 bits per heavy atom. The lowest BCUT2D eigenvalue weighted by Crippen LogP contribution is -2.12. The van der Waals surface area contributed by atoms with Crippen LogP contribution in [0.25, 0.3) is 0 Å². The number of carboxylic acid groups (broad SMARTS) is 1. The van der Waals surface area contributed by atoms with Crippen molar-refractivity contribution in [1.29, 1.82) is 0 Å². The highest BCUT2D eigenvalue weighted by atomic mass is 16.4. The molecule has 0 aliphatic carbocycles. The van der Waals surface area contributed by atoms with Crippen LogP contribution >= 0.6 is 0 Å². The molecule has 0 amide bonds. The van der Waals surface area contributed by atoms with Gasteiger partial charge in [-0.05, 0) is 24.5 Å². The molecule has 14 heavy (non-hydrogen) atoms. The molecule has 1 rings (SSSR count). The number of aliphatic hydroxyl groups is 1. The zero-order valence-corrected chi connectivity index (χ0v) is 8.32. The monoisotopic (exact) mass is 194 g/mol. The second kappa shape index (κ2) is 4.24. The van der Waals surface area contributed by atoms with Gasteiger partial charge in [0.05, 0.1) is 0 Å². The number of aryl methyl sites for hydroxylation is 2. The van der Waals surface area contributed by atoms with Gasteiger partial charge in [-0.3, -0.25) is 0 Å². The van der Waals surface area contributed by atoms with Gasteiger partial charge in [-0.25, -0.2) is 4.79 Å². The van der Waals surface area contributed by atoms with E-state index in [1.54, 1.807) is 6.07 Å². The summed E-state index contributed by atoms with van der Waals surface area (Å²) in [5.41, 5.74) is 2.34. The van der Waals surface area contributed by atoms with Gasteiger partial charge in [0.1, 0.15) is 0 Å². The first-order valence-corrected chi connectivity index (χ1v) is 4.56. The number of aliphatic hydroxyl groups excluding tert-OH is 1. The molecular formula is C11H14O3. The molecule has 0 aromatic heterocycles. The molecule has 0 aliphatic rings. The zero-order valence-electron chi connectivity index (χ0n) is 8.32. The first kappa shape index (κ1) is 10.7. The second-order valence-corrected chi connectivity index (χ2v) is 3.30. The van der Waals surface area contributed by atoms with E-state index in [-0.39, 0.29) is 0 Å². The van der Waals surface area contributed by atoms with Gasteiger partial charge in [-0.1, -0.05) is 30.7 Å². The molecule has 0 radical (unpaired) electrons. The molecule has 2 N–H and O–H groups in total. The number of benzene rings is 1. The first-order valence-electron chi connectivity index (χ1n) is 4.56. The van der Waals surface area contributed by atoms with Crippen molar-refractivity contribution in [3.05, 3.63) is 34.9 Å². The van der Waals surface area contributed by atoms with Gasteiger partial charge < -0.3 is 10.2 Å². The number of carbonyl (C=O) groups is 1. The molecule has 0 heterocycles. The van der Waals surface area contributed by atoms with E-state index in [1.165, 1.54) is 0 Å². The summed E-state index contributed by atoms with van der Waals surface area (Å²) >= 11 is 0. The Kier molecular flexibility index (Phi) is 3.25. The Morgan fingerprint density at radius 3 is 2.64 bits per heavy atom. The fraction of sp³-hybridized carbons (Fsp3) is 0.364. The SMILES string of the molecule is CCc1ccc(C)cc1C(O)C(=O)O. The minimum Gasteiger partial charge on any atom is -0.479 e. The maximum absolute atomic E-state index is 10.6. The number of aliphatic carboxylic acids is 1. The van der Waals surface area contributed by atoms with Crippen LogP contribution in [0.2, 0.25) is 0 Å². The molecule has 0 fully saturated rings. The van der Waals surface area contributed by atoms with Crippen LogP contribution in [0.5, 0.6) is 0 Å². The predicted molar refractivity (Wildman–Crippen MR) is 53.2 cm³/mol. The normalized spacial score (nSPS) is 12.5. The minimum absolute atomic E-state index is 0.500. The van der Waals surface area contributed by atoms with E-state index in [2.05, 4.69) is 0 Å². The average Bonchev–Trinajstić information content (AvgIpc) is 2.16. The van der Waals surface area contributed by atoms with Crippen LogP contribution in [0.4, 0.5) is 0 Å². The highest BCUT2D eigenvalue weighted by Gasteiger charge is 2.18. The van der Waals surface area contributed by atoms with Crippen molar-refractivity contribution < 1.29 is 15.0 Å². The molecule has 0 bridgehead atoms. The summed E-state index contributed by atoms with van der Waals surface area (Å²) in [5, 5.41) is 18.1. The van der Waals surface area contributed by atoms with Gasteiger partial charge in [0.25, 0.3) is 0 Å². The standard InChI is InChI=1S/C11H14O3/c1-3-8-5-4-7(2)6-9(8)10(12)11(13)14/h4-6,10,12H,3H2,1-2H3,(H,13,14). The predicted octanol–water partition coefficient (Wildman–Crippen LogP) is 1.68. The van der Waals surface area contributed by atoms with Gasteiger partial charge >= 0.3 is 5.97 Å². The summed E-state index contributed by atoms with van der Waals surface area (Å²) < 4.78 is 0. The maximum Gasteiger partial charge on any atom is 0.337 e. The van der Waals surface area contributed by atoms with Crippen molar-refractivity contribution in [2.24, 2.45) is 0 Å². The van der Waals surface area contributed by atoms with E-state index in [4.69, 9.17) is 5.11 Å². The number of rotatable bonds is 3. The first-order chi connectivity index (χ1) is 6.56. The van der Waals surface area contributed by atoms with E-state index < -0.39 is 12.1 Å². The van der Waals surface area contributed by atoms with Gasteiger partial charge in [0, 0.05) is 0 Å². The van der Waals surface area contributed by atoms with Gasteiger partial charge in [-0.15, -0.1) is 0 Å². The smallest absolute Gasteiger partial charge is 0.337 e. The van der Waals surface area contributed by atoms with Crippen molar-refractivity contribution in [1.82, 2.24) is 0 Å². The molecule has 3 nitrogen and oxygen atoms in total. The largest absolute Gasteiger partial charge is 0.479 e. The number of hydrogen-bond donors (Lipinski definition) is 2. The lowest BCUT2D eigenvalue weighted by molar-refractivity contribution is -0.147. The summed E-state index contributed by atoms with van der Waals surface area (Å²) in [6.07, 6.45) is -0.690. The van der Waals surface area contributed by atoms with Crippen LogP contribution in [0, 0.1) is 6.92 Å². The summed E-state index contributed by atoms with van der Waals surface area (Å²) in [5.74, 6) is -1.20. The van der Waals surface area contributed by atoms with Gasteiger partial charge in [0.15, 0.2) is 6.10 Å². The fourth-order valence-corrected chi connectivity index (χ4v) is 1.42. The van der Waals surface area contributed by atoms with Crippen molar-refractivity contribution in [2.75, 3.05) is 0 Å². The lowest BCUT2D eigenvalue weighted by Gasteiger charge is -2.11. The summed E-state index contributed by atoms with van der Waals surface area (Å²) in [6, 6.07) is 5.49. The Balaban J connectivity index is 3.16. The van der Waals surface area contributed by atoms with Crippen LogP contribution in [-0.2, 0) is 11.2 Å². The molecule has 1 unspecified atom stereocenters. The molecular weight excluding hydrogens is 180 g/mol. The van der Waals surface area contributed by atoms with Crippen molar-refractivity contribution in [2.45, 2.75) is 26.4 Å². The zero-order chi connectivity index (χ0) is 10.7. The summed E-state index contributed by atoms with van der Waals surface area (Å²) in [6.45, 7) is 3.81. The molecule has 0 saturated carbocycles. The van der Waals surface area contributed by atoms with E-state index >= 15 is 0 Å². The molecule has 0 spiro atoms. The summed E-state index contributed by atoms with van der Waals surface area (Å²) in [4.78, 5) is 10.6.